The Hall–Kier alpha value is -2.37. The Balaban J connectivity index is 2.34. The first kappa shape index (κ1) is 11.1. The van der Waals surface area contributed by atoms with Gasteiger partial charge in [0.2, 0.25) is 0 Å². The van der Waals surface area contributed by atoms with E-state index in [1.807, 2.05) is 6.07 Å². The van der Waals surface area contributed by atoms with Crippen LogP contribution < -0.4 is 5.73 Å². The molecule has 0 unspecified atom stereocenters. The molecule has 0 bridgehead atoms. The maximum atomic E-state index is 11.5. The molecule has 0 saturated heterocycles. The second-order valence-electron chi connectivity index (χ2n) is 3.28. The SMILES string of the molecule is CCOC(=O)c1[nH]c(-c2ccccn2)nc1N. The number of anilines is 1. The van der Waals surface area contributed by atoms with Crippen LogP contribution >= 0.6 is 0 Å². The van der Waals surface area contributed by atoms with Crippen molar-refractivity contribution in [2.75, 3.05) is 12.3 Å². The van der Waals surface area contributed by atoms with Gasteiger partial charge in [-0.3, -0.25) is 4.98 Å². The van der Waals surface area contributed by atoms with Crippen LogP contribution in [-0.4, -0.2) is 27.5 Å². The van der Waals surface area contributed by atoms with Crippen LogP contribution in [0.25, 0.3) is 11.5 Å². The molecule has 0 saturated carbocycles. The number of H-pyrrole nitrogens is 1. The zero-order valence-corrected chi connectivity index (χ0v) is 9.30. The Bertz CT molecular complexity index is 522. The predicted molar refractivity (Wildman–Crippen MR) is 62.2 cm³/mol. The van der Waals surface area contributed by atoms with Crippen LogP contribution in [0, 0.1) is 0 Å². The number of rotatable bonds is 3. The summed E-state index contributed by atoms with van der Waals surface area (Å²) in [5.41, 5.74) is 6.42. The molecule has 2 heterocycles. The van der Waals surface area contributed by atoms with E-state index in [4.69, 9.17) is 10.5 Å². The number of hydrogen-bond donors (Lipinski definition) is 2. The molecule has 0 spiro atoms. The number of esters is 1. The van der Waals surface area contributed by atoms with Crippen molar-refractivity contribution in [3.05, 3.63) is 30.1 Å². The van der Waals surface area contributed by atoms with Crippen LogP contribution in [0.4, 0.5) is 5.82 Å². The fourth-order valence-electron chi connectivity index (χ4n) is 1.37. The number of nitrogens with one attached hydrogen (secondary N) is 1. The van der Waals surface area contributed by atoms with Crippen LogP contribution in [-0.2, 0) is 4.74 Å². The lowest BCUT2D eigenvalue weighted by atomic mass is 10.3. The first-order chi connectivity index (χ1) is 8.22. The molecule has 88 valence electrons. The van der Waals surface area contributed by atoms with Gasteiger partial charge in [0.1, 0.15) is 5.69 Å². The van der Waals surface area contributed by atoms with Gasteiger partial charge in [-0.25, -0.2) is 9.78 Å². The third kappa shape index (κ3) is 2.25. The molecule has 0 aliphatic rings. The number of nitrogens with zero attached hydrogens (tertiary/aromatic N) is 2. The summed E-state index contributed by atoms with van der Waals surface area (Å²) in [6.45, 7) is 2.01. The van der Waals surface area contributed by atoms with Crippen LogP contribution in [0.2, 0.25) is 0 Å². The van der Waals surface area contributed by atoms with Crippen molar-refractivity contribution >= 4 is 11.8 Å². The summed E-state index contributed by atoms with van der Waals surface area (Å²) in [5.74, 6) is 0.0509. The first-order valence-electron chi connectivity index (χ1n) is 5.16. The number of carbonyl (C=O) groups excluding carboxylic acids is 1. The summed E-state index contributed by atoms with van der Waals surface area (Å²) in [5, 5.41) is 0. The number of aromatic nitrogens is 3. The maximum absolute atomic E-state index is 11.5. The fraction of sp³-hybridized carbons (Fsp3) is 0.182. The molecule has 0 aromatic carbocycles. The molecule has 2 aromatic heterocycles. The van der Waals surface area contributed by atoms with E-state index in [2.05, 4.69) is 15.0 Å². The molecule has 3 N–H and O–H groups in total. The van der Waals surface area contributed by atoms with E-state index < -0.39 is 5.97 Å². The van der Waals surface area contributed by atoms with Gasteiger partial charge in [-0.05, 0) is 19.1 Å². The van der Waals surface area contributed by atoms with Gasteiger partial charge in [-0.1, -0.05) is 6.07 Å². The highest BCUT2D eigenvalue weighted by molar-refractivity contribution is 5.93. The Morgan fingerprint density at radius 2 is 2.35 bits per heavy atom. The maximum Gasteiger partial charge on any atom is 0.358 e. The molecule has 0 aliphatic carbocycles. The predicted octanol–water partition coefficient (Wildman–Crippen LogP) is 1.23. The third-order valence-corrected chi connectivity index (χ3v) is 2.12. The summed E-state index contributed by atoms with van der Waals surface area (Å²) < 4.78 is 4.85. The highest BCUT2D eigenvalue weighted by atomic mass is 16.5. The quantitative estimate of drug-likeness (QED) is 0.776. The Labute approximate surface area is 97.8 Å². The number of nitrogen functional groups attached to an aromatic ring is 1. The van der Waals surface area contributed by atoms with Gasteiger partial charge in [0.15, 0.2) is 17.3 Å². The molecular formula is C11H12N4O2. The molecule has 17 heavy (non-hydrogen) atoms. The summed E-state index contributed by atoms with van der Waals surface area (Å²) in [6, 6.07) is 5.39. The number of aromatic amines is 1. The van der Waals surface area contributed by atoms with Gasteiger partial charge in [0.25, 0.3) is 0 Å². The summed E-state index contributed by atoms with van der Waals surface area (Å²) in [6.07, 6.45) is 1.64. The Morgan fingerprint density at radius 1 is 1.53 bits per heavy atom. The number of hydrogen-bond acceptors (Lipinski definition) is 5. The van der Waals surface area contributed by atoms with Gasteiger partial charge in [0.05, 0.1) is 6.61 Å². The van der Waals surface area contributed by atoms with Crippen molar-refractivity contribution in [1.29, 1.82) is 0 Å². The van der Waals surface area contributed by atoms with E-state index in [0.717, 1.165) is 0 Å². The topological polar surface area (TPSA) is 93.9 Å². The van der Waals surface area contributed by atoms with Crippen molar-refractivity contribution in [3.8, 4) is 11.5 Å². The minimum atomic E-state index is -0.514. The fourth-order valence-corrected chi connectivity index (χ4v) is 1.37. The van der Waals surface area contributed by atoms with Crippen molar-refractivity contribution in [3.63, 3.8) is 0 Å². The first-order valence-corrected chi connectivity index (χ1v) is 5.16. The minimum Gasteiger partial charge on any atom is -0.461 e. The zero-order chi connectivity index (χ0) is 12.3. The van der Waals surface area contributed by atoms with Crippen molar-refractivity contribution in [2.45, 2.75) is 6.92 Å². The van der Waals surface area contributed by atoms with E-state index in [0.29, 0.717) is 11.5 Å². The van der Waals surface area contributed by atoms with E-state index in [-0.39, 0.29) is 18.1 Å². The summed E-state index contributed by atoms with van der Waals surface area (Å²) in [4.78, 5) is 22.5. The van der Waals surface area contributed by atoms with Crippen LogP contribution in [0.5, 0.6) is 0 Å². The second kappa shape index (κ2) is 4.65. The lowest BCUT2D eigenvalue weighted by Gasteiger charge is -1.98. The molecule has 0 radical (unpaired) electrons. The number of ether oxygens (including phenoxy) is 1. The minimum absolute atomic E-state index is 0.115. The molecule has 2 rings (SSSR count). The lowest BCUT2D eigenvalue weighted by Crippen LogP contribution is -2.07. The highest BCUT2D eigenvalue weighted by Gasteiger charge is 2.17. The largest absolute Gasteiger partial charge is 0.461 e. The summed E-state index contributed by atoms with van der Waals surface area (Å²) in [7, 11) is 0. The Kier molecular flexibility index (Phi) is 3.04. The summed E-state index contributed by atoms with van der Waals surface area (Å²) >= 11 is 0. The highest BCUT2D eigenvalue weighted by Crippen LogP contribution is 2.17. The number of nitrogens with two attached hydrogens (primary N) is 1. The van der Waals surface area contributed by atoms with Gasteiger partial charge in [-0.15, -0.1) is 0 Å². The van der Waals surface area contributed by atoms with Crippen LogP contribution in [0.3, 0.4) is 0 Å². The average Bonchev–Trinajstić information content (AvgIpc) is 2.73. The molecule has 6 nitrogen and oxygen atoms in total. The van der Waals surface area contributed by atoms with E-state index >= 15 is 0 Å². The lowest BCUT2D eigenvalue weighted by molar-refractivity contribution is 0.0521. The van der Waals surface area contributed by atoms with Gasteiger partial charge in [-0.2, -0.15) is 0 Å². The second-order valence-corrected chi connectivity index (χ2v) is 3.28. The molecule has 6 heteroatoms. The van der Waals surface area contributed by atoms with Gasteiger partial charge >= 0.3 is 5.97 Å². The number of imidazole rings is 1. The molecule has 0 aliphatic heterocycles. The van der Waals surface area contributed by atoms with Crippen molar-refractivity contribution < 1.29 is 9.53 Å². The third-order valence-electron chi connectivity index (χ3n) is 2.12. The molecule has 2 aromatic rings. The average molecular weight is 232 g/mol. The number of carbonyl (C=O) groups is 1. The van der Waals surface area contributed by atoms with Gasteiger partial charge in [0, 0.05) is 6.20 Å². The van der Waals surface area contributed by atoms with Crippen molar-refractivity contribution in [1.82, 2.24) is 15.0 Å². The zero-order valence-electron chi connectivity index (χ0n) is 9.30. The number of pyridine rings is 1. The molecule has 0 amide bonds. The van der Waals surface area contributed by atoms with Gasteiger partial charge < -0.3 is 15.5 Å². The van der Waals surface area contributed by atoms with E-state index in [1.165, 1.54) is 0 Å². The molecule has 0 fully saturated rings. The molecular weight excluding hydrogens is 220 g/mol. The Morgan fingerprint density at radius 3 is 3.00 bits per heavy atom. The van der Waals surface area contributed by atoms with E-state index in [9.17, 15) is 4.79 Å². The van der Waals surface area contributed by atoms with Crippen molar-refractivity contribution in [2.24, 2.45) is 0 Å². The monoisotopic (exact) mass is 232 g/mol. The van der Waals surface area contributed by atoms with Crippen LogP contribution in [0.1, 0.15) is 17.4 Å². The smallest absolute Gasteiger partial charge is 0.358 e. The molecule has 0 atom stereocenters. The standard InChI is InChI=1S/C11H12N4O2/c1-2-17-11(16)8-9(12)15-10(14-8)7-5-3-4-6-13-7/h3-6H,2,12H2,1H3,(H,14,15). The van der Waals surface area contributed by atoms with E-state index in [1.54, 1.807) is 25.3 Å². The normalized spacial score (nSPS) is 10.2. The van der Waals surface area contributed by atoms with Crippen LogP contribution in [0.15, 0.2) is 24.4 Å².